The minimum absolute atomic E-state index is 0.164. The molecular weight excluding hydrogens is 434 g/mol. The molecule has 0 aliphatic carbocycles. The summed E-state index contributed by atoms with van der Waals surface area (Å²) in [5.41, 5.74) is 1.64. The second-order valence-corrected chi connectivity index (χ2v) is 10.0. The van der Waals surface area contributed by atoms with Crippen molar-refractivity contribution in [2.24, 2.45) is 0 Å². The number of nitrogens with zero attached hydrogens (tertiary/aromatic N) is 5. The van der Waals surface area contributed by atoms with Crippen LogP contribution in [0.3, 0.4) is 0 Å². The monoisotopic (exact) mass is 457 g/mol. The average molecular weight is 458 g/mol. The highest BCUT2D eigenvalue weighted by atomic mass is 32.2. The maximum atomic E-state index is 13.3. The van der Waals surface area contributed by atoms with Crippen molar-refractivity contribution >= 4 is 52.4 Å². The summed E-state index contributed by atoms with van der Waals surface area (Å²) in [5.74, 6) is 2.01. The molecular formula is C21H23N5O3S2. The Labute approximate surface area is 189 Å². The molecule has 1 saturated heterocycles. The summed E-state index contributed by atoms with van der Waals surface area (Å²) in [6.07, 6.45) is 0.526. The minimum atomic E-state index is -0.790. The number of likely N-dealkylation sites (N-methyl/N-ethyl adjacent to an activating group) is 1. The molecule has 1 unspecified atom stereocenters. The van der Waals surface area contributed by atoms with E-state index >= 15 is 0 Å². The molecule has 0 bridgehead atoms. The summed E-state index contributed by atoms with van der Waals surface area (Å²) >= 11 is 3.11. The van der Waals surface area contributed by atoms with Gasteiger partial charge in [0, 0.05) is 49.3 Å². The molecule has 3 aliphatic heterocycles. The first-order valence-corrected chi connectivity index (χ1v) is 12.2. The van der Waals surface area contributed by atoms with Crippen LogP contribution in [0.1, 0.15) is 5.56 Å². The zero-order valence-electron chi connectivity index (χ0n) is 17.4. The van der Waals surface area contributed by atoms with E-state index in [2.05, 4.69) is 14.9 Å². The third kappa shape index (κ3) is 3.77. The Morgan fingerprint density at radius 2 is 1.90 bits per heavy atom. The number of fused-ring (bicyclic) bond motifs is 1. The predicted octanol–water partition coefficient (Wildman–Crippen LogP) is 2.69. The molecule has 2 aromatic heterocycles. The molecule has 1 fully saturated rings. The lowest BCUT2D eigenvalue weighted by molar-refractivity contribution is -0.115. The molecule has 0 N–H and O–H groups in total. The fourth-order valence-corrected chi connectivity index (χ4v) is 6.32. The second kappa shape index (κ2) is 8.33. The van der Waals surface area contributed by atoms with Crippen molar-refractivity contribution in [3.63, 3.8) is 0 Å². The normalized spacial score (nSPS) is 22.3. The summed E-state index contributed by atoms with van der Waals surface area (Å²) in [4.78, 5) is 42.1. The Kier molecular flexibility index (Phi) is 5.53. The number of aryl methyl sites for hydroxylation is 1. The number of pyridine rings is 2. The number of thioether (sulfide) groups is 2. The van der Waals surface area contributed by atoms with E-state index in [9.17, 15) is 9.59 Å². The van der Waals surface area contributed by atoms with Crippen molar-refractivity contribution in [2.45, 2.75) is 13.2 Å². The van der Waals surface area contributed by atoms with E-state index in [4.69, 9.17) is 4.74 Å². The number of carbonyl (C=O) groups is 2. The quantitative estimate of drug-likeness (QED) is 0.681. The highest BCUT2D eigenvalue weighted by Crippen LogP contribution is 2.45. The van der Waals surface area contributed by atoms with Gasteiger partial charge in [-0.2, -0.15) is 0 Å². The summed E-state index contributed by atoms with van der Waals surface area (Å²) in [6.45, 7) is 4.83. The van der Waals surface area contributed by atoms with E-state index in [0.29, 0.717) is 29.5 Å². The zero-order chi connectivity index (χ0) is 21.5. The first-order valence-electron chi connectivity index (χ1n) is 10.2. The molecule has 8 nitrogen and oxygen atoms in total. The van der Waals surface area contributed by atoms with E-state index in [1.807, 2.05) is 26.1 Å². The van der Waals surface area contributed by atoms with Gasteiger partial charge in [0.2, 0.25) is 6.23 Å². The Morgan fingerprint density at radius 1 is 1.13 bits per heavy atom. The number of anilines is 1. The number of hydrogen-bond acceptors (Lipinski definition) is 8. The summed E-state index contributed by atoms with van der Waals surface area (Å²) < 4.78 is 5.95. The molecule has 2 aromatic rings. The average Bonchev–Trinajstić information content (AvgIpc) is 3.06. The van der Waals surface area contributed by atoms with Crippen LogP contribution in [0.4, 0.5) is 10.6 Å². The Balaban J connectivity index is 1.48. The van der Waals surface area contributed by atoms with Crippen molar-refractivity contribution in [3.8, 4) is 0 Å². The molecule has 5 rings (SSSR count). The lowest BCUT2D eigenvalue weighted by Crippen LogP contribution is -2.49. The summed E-state index contributed by atoms with van der Waals surface area (Å²) in [6, 6.07) is 5.66. The number of hydrogen-bond donors (Lipinski definition) is 0. The topological polar surface area (TPSA) is 78.9 Å². The zero-order valence-corrected chi connectivity index (χ0v) is 19.0. The summed E-state index contributed by atoms with van der Waals surface area (Å²) in [7, 11) is 2.04. The maximum absolute atomic E-state index is 13.3. The second-order valence-electron chi connectivity index (χ2n) is 7.76. The lowest BCUT2D eigenvalue weighted by atomic mass is 10.2. The van der Waals surface area contributed by atoms with Crippen molar-refractivity contribution in [2.75, 3.05) is 49.6 Å². The van der Waals surface area contributed by atoms with E-state index in [0.717, 1.165) is 40.5 Å². The standard InChI is InChI=1S/C21H23N5O3S2/c1-13-5-6-22-18-14(13)3-4-15(23-18)26-19(27)16-17(31-12-11-30-16)20(26)29-21(28)25-9-7-24(2)8-10-25/h3-6,20H,7-12H2,1-2H3. The highest BCUT2D eigenvalue weighted by Gasteiger charge is 2.45. The van der Waals surface area contributed by atoms with E-state index in [1.54, 1.807) is 28.9 Å². The van der Waals surface area contributed by atoms with Crippen LogP contribution in [0.5, 0.6) is 0 Å². The smallest absolute Gasteiger partial charge is 0.412 e. The SMILES string of the molecule is Cc1ccnc2nc(N3C(=O)C4=C(SCCS4)C3OC(=O)N3CCN(C)CC3)ccc12. The Bertz CT molecular complexity index is 1080. The van der Waals surface area contributed by atoms with Gasteiger partial charge in [-0.05, 0) is 37.7 Å². The highest BCUT2D eigenvalue weighted by molar-refractivity contribution is 8.10. The third-order valence-corrected chi connectivity index (χ3v) is 8.31. The molecule has 0 spiro atoms. The molecule has 10 heteroatoms. The van der Waals surface area contributed by atoms with E-state index in [-0.39, 0.29) is 5.91 Å². The largest absolute Gasteiger partial charge is 0.420 e. The summed E-state index contributed by atoms with van der Waals surface area (Å²) in [5, 5.41) is 0.936. The molecule has 0 aromatic carbocycles. The van der Waals surface area contributed by atoms with Gasteiger partial charge in [0.15, 0.2) is 5.65 Å². The number of carbonyl (C=O) groups excluding carboxylic acids is 2. The van der Waals surface area contributed by atoms with Gasteiger partial charge in [-0.15, -0.1) is 23.5 Å². The molecule has 1 atom stereocenters. The maximum Gasteiger partial charge on any atom is 0.412 e. The van der Waals surface area contributed by atoms with Crippen molar-refractivity contribution in [1.29, 1.82) is 0 Å². The van der Waals surface area contributed by atoms with Gasteiger partial charge in [-0.25, -0.2) is 19.7 Å². The van der Waals surface area contributed by atoms with Crippen molar-refractivity contribution in [1.82, 2.24) is 19.8 Å². The van der Waals surface area contributed by atoms with Crippen LogP contribution in [0.2, 0.25) is 0 Å². The fourth-order valence-electron chi connectivity index (χ4n) is 3.89. The molecule has 3 aliphatic rings. The third-order valence-electron chi connectivity index (χ3n) is 5.71. The van der Waals surface area contributed by atoms with Gasteiger partial charge in [-0.1, -0.05) is 0 Å². The van der Waals surface area contributed by atoms with Crippen LogP contribution < -0.4 is 4.90 Å². The number of rotatable bonds is 2. The molecule has 0 radical (unpaired) electrons. The molecule has 5 heterocycles. The minimum Gasteiger partial charge on any atom is -0.420 e. The van der Waals surface area contributed by atoms with Gasteiger partial charge in [0.1, 0.15) is 5.82 Å². The van der Waals surface area contributed by atoms with Gasteiger partial charge in [0.05, 0.1) is 9.81 Å². The number of aromatic nitrogens is 2. The van der Waals surface area contributed by atoms with Crippen LogP contribution in [0.25, 0.3) is 11.0 Å². The van der Waals surface area contributed by atoms with Crippen LogP contribution in [-0.2, 0) is 9.53 Å². The number of amides is 2. The predicted molar refractivity (Wildman–Crippen MR) is 123 cm³/mol. The van der Waals surface area contributed by atoms with Gasteiger partial charge >= 0.3 is 6.09 Å². The Hall–Kier alpha value is -2.30. The first-order chi connectivity index (χ1) is 15.0. The van der Waals surface area contributed by atoms with Crippen molar-refractivity contribution < 1.29 is 14.3 Å². The number of piperazine rings is 1. The molecule has 162 valence electrons. The molecule has 2 amide bonds. The lowest BCUT2D eigenvalue weighted by Gasteiger charge is -2.34. The molecule has 31 heavy (non-hydrogen) atoms. The van der Waals surface area contributed by atoms with Crippen LogP contribution in [-0.4, -0.2) is 82.7 Å². The van der Waals surface area contributed by atoms with E-state index < -0.39 is 12.3 Å². The fraction of sp³-hybridized carbons (Fsp3) is 0.429. The van der Waals surface area contributed by atoms with Gasteiger partial charge in [0.25, 0.3) is 5.91 Å². The van der Waals surface area contributed by atoms with Gasteiger partial charge in [-0.3, -0.25) is 4.79 Å². The van der Waals surface area contributed by atoms with E-state index in [1.165, 1.54) is 16.7 Å². The molecule has 0 saturated carbocycles. The Morgan fingerprint density at radius 3 is 2.71 bits per heavy atom. The van der Waals surface area contributed by atoms with Crippen molar-refractivity contribution in [3.05, 3.63) is 39.8 Å². The van der Waals surface area contributed by atoms with Gasteiger partial charge < -0.3 is 14.5 Å². The number of ether oxygens (including phenoxy) is 1. The van der Waals surface area contributed by atoms with Crippen LogP contribution in [0.15, 0.2) is 34.2 Å². The first kappa shape index (κ1) is 20.6. The van der Waals surface area contributed by atoms with Crippen LogP contribution >= 0.6 is 23.5 Å². The van der Waals surface area contributed by atoms with Crippen LogP contribution in [0, 0.1) is 6.92 Å².